The summed E-state index contributed by atoms with van der Waals surface area (Å²) in [6.07, 6.45) is 1.77. The van der Waals surface area contributed by atoms with Crippen LogP contribution in [0, 0.1) is 0 Å². The van der Waals surface area contributed by atoms with E-state index in [2.05, 4.69) is 40.0 Å². The summed E-state index contributed by atoms with van der Waals surface area (Å²) in [5.41, 5.74) is 2.88. The fourth-order valence-electron chi connectivity index (χ4n) is 2.93. The Kier molecular flexibility index (Phi) is 6.80. The lowest BCUT2D eigenvalue weighted by atomic mass is 10.1. The van der Waals surface area contributed by atoms with Crippen LogP contribution in [0.15, 0.2) is 57.9 Å². The highest BCUT2D eigenvalue weighted by Gasteiger charge is 2.34. The summed E-state index contributed by atoms with van der Waals surface area (Å²) < 4.78 is 0.880. The molecular formula is C21H22BrN3O2S. The highest BCUT2D eigenvalue weighted by molar-refractivity contribution is 9.10. The number of nitrogens with zero attached hydrogens (tertiary/aromatic N) is 2. The molecule has 0 aliphatic carbocycles. The Morgan fingerprint density at radius 3 is 2.39 bits per heavy atom. The van der Waals surface area contributed by atoms with E-state index in [-0.39, 0.29) is 17.8 Å². The molecule has 2 aromatic rings. The van der Waals surface area contributed by atoms with E-state index in [1.54, 1.807) is 6.08 Å². The minimum atomic E-state index is -0.276. The van der Waals surface area contributed by atoms with Crippen LogP contribution in [0.1, 0.15) is 19.4 Å². The van der Waals surface area contributed by atoms with Gasteiger partial charge in [-0.3, -0.25) is 14.5 Å². The Morgan fingerprint density at radius 2 is 1.75 bits per heavy atom. The standard InChI is InChI=1S/C21H22BrN3O2S/c1-3-24(4-2)16-11-9-15(10-12-16)13-19-20(26)25(21(27)28-19)14-23-18-8-6-5-7-17(18)22/h5-13,23H,3-4,14H2,1-2H3/b19-13-. The Hall–Kier alpha value is -2.25. The van der Waals surface area contributed by atoms with Gasteiger partial charge in [0.25, 0.3) is 11.1 Å². The topological polar surface area (TPSA) is 52.7 Å². The molecule has 0 bridgehead atoms. The molecule has 0 atom stereocenters. The fourth-order valence-corrected chi connectivity index (χ4v) is 4.19. The lowest BCUT2D eigenvalue weighted by Crippen LogP contribution is -2.33. The van der Waals surface area contributed by atoms with Crippen molar-refractivity contribution in [2.24, 2.45) is 0 Å². The van der Waals surface area contributed by atoms with Crippen molar-refractivity contribution in [3.05, 3.63) is 63.5 Å². The summed E-state index contributed by atoms with van der Waals surface area (Å²) in [5, 5.41) is 2.86. The molecule has 1 heterocycles. The minimum absolute atomic E-state index is 0.130. The smallest absolute Gasteiger partial charge is 0.295 e. The summed E-state index contributed by atoms with van der Waals surface area (Å²) in [4.78, 5) is 28.8. The van der Waals surface area contributed by atoms with Crippen LogP contribution in [0.25, 0.3) is 6.08 Å². The highest BCUT2D eigenvalue weighted by Crippen LogP contribution is 2.32. The van der Waals surface area contributed by atoms with Gasteiger partial charge in [0.2, 0.25) is 0 Å². The van der Waals surface area contributed by atoms with Gasteiger partial charge in [-0.05, 0) is 77.4 Å². The van der Waals surface area contributed by atoms with Crippen molar-refractivity contribution in [2.45, 2.75) is 13.8 Å². The third-order valence-corrected chi connectivity index (χ3v) is 6.09. The summed E-state index contributed by atoms with van der Waals surface area (Å²) >= 11 is 4.42. The van der Waals surface area contributed by atoms with Gasteiger partial charge in [0.1, 0.15) is 0 Å². The fraction of sp³-hybridized carbons (Fsp3) is 0.238. The Balaban J connectivity index is 1.69. The van der Waals surface area contributed by atoms with E-state index in [0.717, 1.165) is 46.3 Å². The van der Waals surface area contributed by atoms with Gasteiger partial charge in [0, 0.05) is 28.9 Å². The highest BCUT2D eigenvalue weighted by atomic mass is 79.9. The Bertz CT molecular complexity index is 895. The number of imide groups is 1. The van der Waals surface area contributed by atoms with Gasteiger partial charge in [-0.1, -0.05) is 24.3 Å². The zero-order valence-electron chi connectivity index (χ0n) is 15.8. The van der Waals surface area contributed by atoms with Crippen LogP contribution in [0.4, 0.5) is 16.2 Å². The van der Waals surface area contributed by atoms with E-state index in [1.165, 1.54) is 4.90 Å². The second-order valence-corrected chi connectivity index (χ2v) is 8.04. The third kappa shape index (κ3) is 4.59. The molecule has 1 fully saturated rings. The van der Waals surface area contributed by atoms with Crippen LogP contribution in [-0.4, -0.2) is 35.8 Å². The lowest BCUT2D eigenvalue weighted by molar-refractivity contribution is -0.122. The number of rotatable bonds is 7. The summed E-state index contributed by atoms with van der Waals surface area (Å²) in [6, 6.07) is 15.6. The summed E-state index contributed by atoms with van der Waals surface area (Å²) in [7, 11) is 0. The molecule has 1 aliphatic heterocycles. The van der Waals surface area contributed by atoms with Gasteiger partial charge in [-0.25, -0.2) is 0 Å². The monoisotopic (exact) mass is 459 g/mol. The minimum Gasteiger partial charge on any atom is -0.372 e. The number of benzene rings is 2. The number of hydrogen-bond donors (Lipinski definition) is 1. The number of carbonyl (C=O) groups is 2. The number of halogens is 1. The molecule has 146 valence electrons. The van der Waals surface area contributed by atoms with Gasteiger partial charge < -0.3 is 10.2 Å². The van der Waals surface area contributed by atoms with Crippen LogP contribution in [-0.2, 0) is 4.79 Å². The Labute approximate surface area is 177 Å². The number of carbonyl (C=O) groups excluding carboxylic acids is 2. The van der Waals surface area contributed by atoms with Gasteiger partial charge in [-0.15, -0.1) is 0 Å². The van der Waals surface area contributed by atoms with Gasteiger partial charge in [0.05, 0.1) is 11.6 Å². The number of amides is 2. The molecule has 2 aromatic carbocycles. The van der Waals surface area contributed by atoms with E-state index in [1.807, 2.05) is 48.5 Å². The molecule has 5 nitrogen and oxygen atoms in total. The molecule has 3 rings (SSSR count). The van der Waals surface area contributed by atoms with Crippen LogP contribution in [0.3, 0.4) is 0 Å². The third-order valence-electron chi connectivity index (χ3n) is 4.49. The first kappa shape index (κ1) is 20.5. The largest absolute Gasteiger partial charge is 0.372 e. The number of nitrogens with one attached hydrogen (secondary N) is 1. The molecule has 1 N–H and O–H groups in total. The van der Waals surface area contributed by atoms with Crippen LogP contribution >= 0.6 is 27.7 Å². The van der Waals surface area contributed by atoms with E-state index in [9.17, 15) is 9.59 Å². The van der Waals surface area contributed by atoms with Gasteiger partial charge >= 0.3 is 0 Å². The average molecular weight is 460 g/mol. The van der Waals surface area contributed by atoms with Crippen molar-refractivity contribution in [1.82, 2.24) is 4.90 Å². The number of hydrogen-bond acceptors (Lipinski definition) is 5. The van der Waals surface area contributed by atoms with Crippen LogP contribution in [0.2, 0.25) is 0 Å². The summed E-state index contributed by atoms with van der Waals surface area (Å²) in [5.74, 6) is -0.276. The average Bonchev–Trinajstić information content (AvgIpc) is 2.96. The van der Waals surface area contributed by atoms with Crippen molar-refractivity contribution in [3.8, 4) is 0 Å². The second kappa shape index (κ2) is 9.30. The van der Waals surface area contributed by atoms with E-state index in [4.69, 9.17) is 0 Å². The predicted octanol–water partition coefficient (Wildman–Crippen LogP) is 5.40. The molecule has 0 radical (unpaired) electrons. The number of para-hydroxylation sites is 1. The van der Waals surface area contributed by atoms with Crippen molar-refractivity contribution in [1.29, 1.82) is 0 Å². The molecule has 0 unspecified atom stereocenters. The molecule has 1 aliphatic rings. The first-order valence-corrected chi connectivity index (χ1v) is 10.7. The second-order valence-electron chi connectivity index (χ2n) is 6.19. The lowest BCUT2D eigenvalue weighted by Gasteiger charge is -2.20. The number of anilines is 2. The molecule has 7 heteroatoms. The number of thioether (sulfide) groups is 1. The molecular weight excluding hydrogens is 438 g/mol. The Morgan fingerprint density at radius 1 is 1.07 bits per heavy atom. The predicted molar refractivity (Wildman–Crippen MR) is 120 cm³/mol. The quantitative estimate of drug-likeness (QED) is 0.561. The van der Waals surface area contributed by atoms with Crippen molar-refractivity contribution >= 4 is 56.3 Å². The van der Waals surface area contributed by atoms with Gasteiger partial charge in [-0.2, -0.15) is 0 Å². The van der Waals surface area contributed by atoms with Crippen LogP contribution < -0.4 is 10.2 Å². The summed E-state index contributed by atoms with van der Waals surface area (Å²) in [6.45, 7) is 6.26. The SMILES string of the molecule is CCN(CC)c1ccc(/C=C2\SC(=O)N(CNc3ccccc3Br)C2=O)cc1. The first-order chi connectivity index (χ1) is 13.5. The van der Waals surface area contributed by atoms with Crippen molar-refractivity contribution in [3.63, 3.8) is 0 Å². The zero-order chi connectivity index (χ0) is 20.1. The van der Waals surface area contributed by atoms with E-state index in [0.29, 0.717) is 4.91 Å². The van der Waals surface area contributed by atoms with E-state index < -0.39 is 0 Å². The molecule has 0 aromatic heterocycles. The normalized spacial score (nSPS) is 15.4. The van der Waals surface area contributed by atoms with Crippen molar-refractivity contribution < 1.29 is 9.59 Å². The maximum absolute atomic E-state index is 12.7. The maximum atomic E-state index is 12.7. The zero-order valence-corrected chi connectivity index (χ0v) is 18.2. The van der Waals surface area contributed by atoms with E-state index >= 15 is 0 Å². The molecule has 28 heavy (non-hydrogen) atoms. The maximum Gasteiger partial charge on any atom is 0.295 e. The first-order valence-electron chi connectivity index (χ1n) is 9.12. The molecule has 0 spiro atoms. The molecule has 1 saturated heterocycles. The van der Waals surface area contributed by atoms with Crippen molar-refractivity contribution in [2.75, 3.05) is 30.0 Å². The van der Waals surface area contributed by atoms with Crippen LogP contribution in [0.5, 0.6) is 0 Å². The van der Waals surface area contributed by atoms with Gasteiger partial charge in [0.15, 0.2) is 0 Å². The molecule has 2 amide bonds. The molecule has 0 saturated carbocycles.